The Balaban J connectivity index is 2.06. The van der Waals surface area contributed by atoms with Gasteiger partial charge in [-0.15, -0.1) is 0 Å². The van der Waals surface area contributed by atoms with E-state index in [1.54, 1.807) is 0 Å². The van der Waals surface area contributed by atoms with Crippen LogP contribution in [0.1, 0.15) is 12.5 Å². The molecule has 1 aromatic carbocycles. The molecule has 0 amide bonds. The van der Waals surface area contributed by atoms with Crippen molar-refractivity contribution >= 4 is 22.7 Å². The number of nitrogens with one attached hydrogen (secondary N) is 1. The zero-order chi connectivity index (χ0) is 13.9. The van der Waals surface area contributed by atoms with Gasteiger partial charge in [0.25, 0.3) is 0 Å². The van der Waals surface area contributed by atoms with E-state index < -0.39 is 0 Å². The second-order valence-corrected chi connectivity index (χ2v) is 5.70. The molecule has 0 spiro atoms. The summed E-state index contributed by atoms with van der Waals surface area (Å²) in [6.45, 7) is 2.00. The Hall–Kier alpha value is -1.92. The Morgan fingerprint density at radius 2 is 2.20 bits per heavy atom. The number of nitrogens with zero attached hydrogens (tertiary/aromatic N) is 3. The molecule has 3 aromatic rings. The molecule has 3 N–H and O–H groups in total. The summed E-state index contributed by atoms with van der Waals surface area (Å²) in [5.41, 5.74) is 8.05. The number of para-hydroxylation sites is 1. The van der Waals surface area contributed by atoms with Crippen LogP contribution in [0, 0.1) is 0 Å². The molecule has 0 radical (unpaired) electrons. The number of fused-ring (bicyclic) bond motifs is 1. The minimum absolute atomic E-state index is 0.0899. The second kappa shape index (κ2) is 5.60. The zero-order valence-corrected chi connectivity index (χ0v) is 11.9. The largest absolute Gasteiger partial charge is 0.328 e. The number of pyridine rings is 1. The van der Waals surface area contributed by atoms with E-state index in [0.29, 0.717) is 0 Å². The lowest BCUT2D eigenvalue weighted by molar-refractivity contribution is 0.724. The molecule has 3 rings (SSSR count). The van der Waals surface area contributed by atoms with Gasteiger partial charge in [-0.3, -0.25) is 5.10 Å². The molecule has 0 aliphatic heterocycles. The van der Waals surface area contributed by atoms with Gasteiger partial charge < -0.3 is 5.73 Å². The van der Waals surface area contributed by atoms with E-state index in [1.165, 1.54) is 18.1 Å². The van der Waals surface area contributed by atoms with Crippen LogP contribution in [0.3, 0.4) is 0 Å². The second-order valence-electron chi connectivity index (χ2n) is 4.72. The highest BCUT2D eigenvalue weighted by molar-refractivity contribution is 7.99. The monoisotopic (exact) mass is 285 g/mol. The van der Waals surface area contributed by atoms with Gasteiger partial charge >= 0.3 is 0 Å². The predicted octanol–water partition coefficient (Wildman–Crippen LogP) is 2.39. The van der Waals surface area contributed by atoms with E-state index >= 15 is 0 Å². The van der Waals surface area contributed by atoms with Crippen molar-refractivity contribution in [3.05, 3.63) is 42.2 Å². The average molecular weight is 285 g/mol. The van der Waals surface area contributed by atoms with Crippen molar-refractivity contribution in [2.24, 2.45) is 5.73 Å². The fourth-order valence-corrected chi connectivity index (χ4v) is 2.86. The van der Waals surface area contributed by atoms with Crippen molar-refractivity contribution in [3.63, 3.8) is 0 Å². The first kappa shape index (κ1) is 13.1. The lowest BCUT2D eigenvalue weighted by Crippen LogP contribution is -2.18. The van der Waals surface area contributed by atoms with Gasteiger partial charge in [-0.1, -0.05) is 18.2 Å². The number of benzene rings is 1. The van der Waals surface area contributed by atoms with Crippen molar-refractivity contribution in [1.29, 1.82) is 0 Å². The Morgan fingerprint density at radius 3 is 2.95 bits per heavy atom. The summed E-state index contributed by atoms with van der Waals surface area (Å²) < 4.78 is 0. The molecule has 0 saturated heterocycles. The normalized spacial score (nSPS) is 12.7. The number of aromatic nitrogens is 4. The van der Waals surface area contributed by atoms with Crippen LogP contribution in [-0.2, 0) is 6.42 Å². The van der Waals surface area contributed by atoms with Gasteiger partial charge in [-0.25, -0.2) is 9.97 Å². The topological polar surface area (TPSA) is 80.5 Å². The highest BCUT2D eigenvalue weighted by atomic mass is 32.2. The fraction of sp³-hybridized carbons (Fsp3) is 0.214. The first-order valence-corrected chi connectivity index (χ1v) is 7.21. The molecule has 0 fully saturated rings. The van der Waals surface area contributed by atoms with Crippen LogP contribution in [0.5, 0.6) is 0 Å². The summed E-state index contributed by atoms with van der Waals surface area (Å²) in [7, 11) is 0. The standard InChI is InChI=1S/C14H15N5S/c1-9(15)6-11-7-10-4-2-3-5-12(10)18-13(11)20-14-16-8-17-19-14/h2-5,7-9H,6,15H2,1H3,(H,16,17,19). The van der Waals surface area contributed by atoms with Crippen molar-refractivity contribution in [3.8, 4) is 0 Å². The van der Waals surface area contributed by atoms with E-state index in [9.17, 15) is 0 Å². The molecule has 0 aliphatic carbocycles. The van der Waals surface area contributed by atoms with Crippen LogP contribution < -0.4 is 5.73 Å². The maximum Gasteiger partial charge on any atom is 0.189 e. The summed E-state index contributed by atoms with van der Waals surface area (Å²) in [5.74, 6) is 0. The minimum Gasteiger partial charge on any atom is -0.328 e. The summed E-state index contributed by atoms with van der Waals surface area (Å²) >= 11 is 1.48. The van der Waals surface area contributed by atoms with Gasteiger partial charge in [-0.2, -0.15) is 5.10 Å². The van der Waals surface area contributed by atoms with E-state index in [0.717, 1.165) is 33.1 Å². The van der Waals surface area contributed by atoms with Crippen LogP contribution in [0.4, 0.5) is 0 Å². The Morgan fingerprint density at radius 1 is 1.35 bits per heavy atom. The summed E-state index contributed by atoms with van der Waals surface area (Å²) in [6.07, 6.45) is 2.28. The SMILES string of the molecule is CC(N)Cc1cc2ccccc2nc1Sc1ncn[nH]1. The highest BCUT2D eigenvalue weighted by Gasteiger charge is 2.11. The van der Waals surface area contributed by atoms with Crippen LogP contribution >= 0.6 is 11.8 Å². The van der Waals surface area contributed by atoms with E-state index in [1.807, 2.05) is 25.1 Å². The predicted molar refractivity (Wildman–Crippen MR) is 79.6 cm³/mol. The maximum atomic E-state index is 5.94. The van der Waals surface area contributed by atoms with Crippen molar-refractivity contribution in [2.45, 2.75) is 29.6 Å². The number of rotatable bonds is 4. The number of H-pyrrole nitrogens is 1. The summed E-state index contributed by atoms with van der Waals surface area (Å²) in [5, 5.41) is 9.50. The highest BCUT2D eigenvalue weighted by Crippen LogP contribution is 2.29. The van der Waals surface area contributed by atoms with Gasteiger partial charge in [0.2, 0.25) is 0 Å². The van der Waals surface area contributed by atoms with Gasteiger partial charge in [0.15, 0.2) is 5.16 Å². The molecule has 20 heavy (non-hydrogen) atoms. The quantitative estimate of drug-likeness (QED) is 0.769. The van der Waals surface area contributed by atoms with Gasteiger partial charge in [-0.05, 0) is 42.8 Å². The minimum atomic E-state index is 0.0899. The molecular formula is C14H15N5S. The molecule has 0 aliphatic rings. The molecule has 2 aromatic heterocycles. The van der Waals surface area contributed by atoms with Gasteiger partial charge in [0, 0.05) is 11.4 Å². The molecule has 2 heterocycles. The van der Waals surface area contributed by atoms with Gasteiger partial charge in [0.05, 0.1) is 5.52 Å². The lowest BCUT2D eigenvalue weighted by Gasteiger charge is -2.11. The Bertz CT molecular complexity index is 709. The molecule has 0 bridgehead atoms. The smallest absolute Gasteiger partial charge is 0.189 e. The van der Waals surface area contributed by atoms with Crippen LogP contribution in [-0.4, -0.2) is 26.2 Å². The maximum absolute atomic E-state index is 5.94. The fourth-order valence-electron chi connectivity index (χ4n) is 2.06. The number of hydrogen-bond donors (Lipinski definition) is 2. The third kappa shape index (κ3) is 2.81. The third-order valence-electron chi connectivity index (χ3n) is 2.89. The molecular weight excluding hydrogens is 270 g/mol. The van der Waals surface area contributed by atoms with Crippen LogP contribution in [0.2, 0.25) is 0 Å². The van der Waals surface area contributed by atoms with Crippen LogP contribution in [0.25, 0.3) is 10.9 Å². The summed E-state index contributed by atoms with van der Waals surface area (Å²) in [6, 6.07) is 10.3. The Kier molecular flexibility index (Phi) is 3.66. The van der Waals surface area contributed by atoms with Crippen molar-refractivity contribution in [1.82, 2.24) is 20.2 Å². The first-order valence-electron chi connectivity index (χ1n) is 6.40. The molecule has 6 heteroatoms. The van der Waals surface area contributed by atoms with E-state index in [4.69, 9.17) is 10.7 Å². The average Bonchev–Trinajstić information content (AvgIpc) is 2.92. The zero-order valence-electron chi connectivity index (χ0n) is 11.1. The first-order chi connectivity index (χ1) is 9.72. The molecule has 102 valence electrons. The molecule has 1 unspecified atom stereocenters. The van der Waals surface area contributed by atoms with Crippen LogP contribution in [0.15, 0.2) is 46.8 Å². The van der Waals surface area contributed by atoms with E-state index in [2.05, 4.69) is 27.3 Å². The summed E-state index contributed by atoms with van der Waals surface area (Å²) in [4.78, 5) is 8.86. The number of nitrogens with two attached hydrogens (primary N) is 1. The molecule has 1 atom stereocenters. The number of hydrogen-bond acceptors (Lipinski definition) is 5. The molecule has 0 saturated carbocycles. The lowest BCUT2D eigenvalue weighted by atomic mass is 10.1. The van der Waals surface area contributed by atoms with E-state index in [-0.39, 0.29) is 6.04 Å². The van der Waals surface area contributed by atoms with Crippen molar-refractivity contribution < 1.29 is 0 Å². The Labute approximate surface area is 121 Å². The van der Waals surface area contributed by atoms with Gasteiger partial charge in [0.1, 0.15) is 11.4 Å². The molecule has 5 nitrogen and oxygen atoms in total. The number of aromatic amines is 1. The van der Waals surface area contributed by atoms with Crippen molar-refractivity contribution in [2.75, 3.05) is 0 Å². The third-order valence-corrected chi connectivity index (χ3v) is 3.83.